The Hall–Kier alpha value is -5.31. The summed E-state index contributed by atoms with van der Waals surface area (Å²) < 4.78 is 28.2. The second-order valence-corrected chi connectivity index (χ2v) is 18.1. The second kappa shape index (κ2) is 25.8. The first-order valence-corrected chi connectivity index (χ1v) is 22.4. The van der Waals surface area contributed by atoms with Crippen LogP contribution in [0.5, 0.6) is 0 Å². The Labute approximate surface area is 379 Å². The first-order valence-electron chi connectivity index (χ1n) is 22.4. The molecule has 15 heteroatoms. The number of esters is 4. The molecular formula is C49H71N3O12. The molecule has 0 unspecified atom stereocenters. The fraction of sp³-hybridized carbons (Fsp3) is 0.612. The Bertz CT molecular complexity index is 1830. The van der Waals surface area contributed by atoms with E-state index in [9.17, 15) is 33.6 Å². The van der Waals surface area contributed by atoms with Crippen LogP contribution in [0.1, 0.15) is 110 Å². The van der Waals surface area contributed by atoms with Crippen LogP contribution in [0.15, 0.2) is 54.6 Å². The quantitative estimate of drug-likeness (QED) is 0.0696. The van der Waals surface area contributed by atoms with Gasteiger partial charge in [0.05, 0.1) is 0 Å². The van der Waals surface area contributed by atoms with Crippen molar-refractivity contribution in [3.63, 3.8) is 0 Å². The van der Waals surface area contributed by atoms with E-state index >= 15 is 0 Å². The summed E-state index contributed by atoms with van der Waals surface area (Å²) in [5.41, 5.74) is 2.57. The minimum Gasteiger partial charge on any atom is -0.458 e. The second-order valence-electron chi connectivity index (χ2n) is 18.1. The predicted octanol–water partition coefficient (Wildman–Crippen LogP) is 5.89. The fourth-order valence-corrected chi connectivity index (χ4v) is 7.51. The maximum atomic E-state index is 14.7. The van der Waals surface area contributed by atoms with Crippen LogP contribution in [0.2, 0.25) is 0 Å². The Morgan fingerprint density at radius 2 is 1.09 bits per heavy atom. The molecule has 0 bridgehead atoms. The van der Waals surface area contributed by atoms with Crippen LogP contribution in [0.3, 0.4) is 0 Å². The van der Waals surface area contributed by atoms with Gasteiger partial charge in [-0.15, -0.1) is 0 Å². The van der Waals surface area contributed by atoms with Gasteiger partial charge in [0.1, 0.15) is 24.7 Å². The molecule has 0 radical (unpaired) electrons. The first-order chi connectivity index (χ1) is 30.2. The van der Waals surface area contributed by atoms with Crippen molar-refractivity contribution < 1.29 is 57.2 Å². The fourth-order valence-electron chi connectivity index (χ4n) is 7.51. The van der Waals surface area contributed by atoms with Gasteiger partial charge in [-0.2, -0.15) is 0 Å². The van der Waals surface area contributed by atoms with E-state index in [-0.39, 0.29) is 43.6 Å². The van der Waals surface area contributed by atoms with E-state index in [0.29, 0.717) is 37.5 Å². The smallest absolute Gasteiger partial charge is 0.347 e. The summed E-state index contributed by atoms with van der Waals surface area (Å²) in [6, 6.07) is 13.5. The highest BCUT2D eigenvalue weighted by Crippen LogP contribution is 2.28. The van der Waals surface area contributed by atoms with E-state index in [1.807, 2.05) is 84.0 Å². The Balaban J connectivity index is 1.91. The van der Waals surface area contributed by atoms with E-state index in [2.05, 4.69) is 0 Å². The molecule has 1 aliphatic heterocycles. The molecule has 2 aromatic rings. The molecule has 0 saturated carbocycles. The zero-order valence-electron chi connectivity index (χ0n) is 39.7. The molecule has 64 heavy (non-hydrogen) atoms. The summed E-state index contributed by atoms with van der Waals surface area (Å²) in [4.78, 5) is 98.0. The molecule has 0 spiro atoms. The molecule has 3 amide bonds. The molecular weight excluding hydrogens is 823 g/mol. The number of carbonyl (C=O) groups is 7. The van der Waals surface area contributed by atoms with Gasteiger partial charge in [0.25, 0.3) is 11.8 Å². The zero-order valence-corrected chi connectivity index (χ0v) is 39.7. The SMILES string of the molecule is CC(C)C[C@@H](C(=O)O[C@H](C)C(=O)N(C)[C@@H](CC(C)C)C(=O)O[C@H](Cc1ccc(C2CCOCC2)cc1)C(=O)N(C)[C@@H](CC(C)C)C(=O)O[C@H](C)C(=O)OCc1ccccc1)N(C)C=O. The van der Waals surface area contributed by atoms with Crippen molar-refractivity contribution >= 4 is 42.1 Å². The third-order valence-electron chi connectivity index (χ3n) is 11.3. The number of benzene rings is 2. The molecule has 354 valence electrons. The number of nitrogens with zero attached hydrogens (tertiary/aromatic N) is 3. The molecule has 15 nitrogen and oxygen atoms in total. The van der Waals surface area contributed by atoms with E-state index in [0.717, 1.165) is 28.9 Å². The lowest BCUT2D eigenvalue weighted by molar-refractivity contribution is -0.175. The van der Waals surface area contributed by atoms with Gasteiger partial charge in [0.2, 0.25) is 6.41 Å². The summed E-state index contributed by atoms with van der Waals surface area (Å²) >= 11 is 0. The van der Waals surface area contributed by atoms with Gasteiger partial charge in [-0.25, -0.2) is 19.2 Å². The van der Waals surface area contributed by atoms with Crippen LogP contribution < -0.4 is 0 Å². The third kappa shape index (κ3) is 16.4. The molecule has 1 heterocycles. The number of rotatable bonds is 24. The van der Waals surface area contributed by atoms with Gasteiger partial charge >= 0.3 is 23.9 Å². The van der Waals surface area contributed by atoms with Gasteiger partial charge in [-0.1, -0.05) is 96.1 Å². The summed E-state index contributed by atoms with van der Waals surface area (Å²) in [5.74, 6) is -4.46. The van der Waals surface area contributed by atoms with E-state index in [1.54, 1.807) is 12.1 Å². The standard InChI is InChI=1S/C49H71N3O12/c1-31(2)25-40(50(9)30-53)47(57)62-34(7)44(54)51(10)42(27-33(5)6)49(59)64-43(28-36-17-19-38(20-18-36)39-21-23-60-24-22-39)45(55)52(11)41(26-32(3)4)48(58)63-35(8)46(56)61-29-37-15-13-12-14-16-37/h12-20,30-35,39-43H,21-29H2,1-11H3/t34-,35-,40+,41+,42+,43-/m1/s1. The Kier molecular flexibility index (Phi) is 21.4. The monoisotopic (exact) mass is 894 g/mol. The van der Waals surface area contributed by atoms with Crippen molar-refractivity contribution in [3.8, 4) is 0 Å². The van der Waals surface area contributed by atoms with Gasteiger partial charge in [-0.3, -0.25) is 14.4 Å². The lowest BCUT2D eigenvalue weighted by Crippen LogP contribution is -2.53. The van der Waals surface area contributed by atoms with Crippen molar-refractivity contribution in [2.75, 3.05) is 34.4 Å². The molecule has 6 atom stereocenters. The highest BCUT2D eigenvalue weighted by atomic mass is 16.6. The highest BCUT2D eigenvalue weighted by Gasteiger charge is 2.40. The molecule has 2 aromatic carbocycles. The van der Waals surface area contributed by atoms with Gasteiger partial charge in [0, 0.05) is 40.8 Å². The normalized spacial score (nSPS) is 15.8. The largest absolute Gasteiger partial charge is 0.458 e. The number of likely N-dealkylation sites (N-methyl/N-ethyl adjacent to an activating group) is 3. The van der Waals surface area contributed by atoms with E-state index in [4.69, 9.17) is 23.7 Å². The number of hydrogen-bond donors (Lipinski definition) is 0. The average Bonchev–Trinajstić information content (AvgIpc) is 3.27. The molecule has 0 N–H and O–H groups in total. The third-order valence-corrected chi connectivity index (χ3v) is 11.3. The van der Waals surface area contributed by atoms with Crippen LogP contribution in [0, 0.1) is 17.8 Å². The number of carbonyl (C=O) groups excluding carboxylic acids is 7. The maximum Gasteiger partial charge on any atom is 0.347 e. The molecule has 0 aliphatic carbocycles. The number of ether oxygens (including phenoxy) is 5. The van der Waals surface area contributed by atoms with Gasteiger partial charge in [0.15, 0.2) is 18.3 Å². The minimum atomic E-state index is -1.45. The topological polar surface area (TPSA) is 175 Å². The summed E-state index contributed by atoms with van der Waals surface area (Å²) in [5, 5.41) is 0. The van der Waals surface area contributed by atoms with Crippen LogP contribution in [-0.2, 0) is 70.3 Å². The van der Waals surface area contributed by atoms with Crippen molar-refractivity contribution in [3.05, 3.63) is 71.3 Å². The lowest BCUT2D eigenvalue weighted by Gasteiger charge is -2.34. The average molecular weight is 894 g/mol. The zero-order chi connectivity index (χ0) is 47.7. The Morgan fingerprint density at radius 1 is 0.609 bits per heavy atom. The lowest BCUT2D eigenvalue weighted by atomic mass is 9.90. The number of hydrogen-bond acceptors (Lipinski definition) is 12. The van der Waals surface area contributed by atoms with Crippen molar-refractivity contribution in [2.24, 2.45) is 17.8 Å². The molecule has 1 saturated heterocycles. The van der Waals surface area contributed by atoms with Crippen LogP contribution in [0.25, 0.3) is 0 Å². The van der Waals surface area contributed by atoms with Crippen molar-refractivity contribution in [1.82, 2.24) is 14.7 Å². The molecule has 3 rings (SSSR count). The van der Waals surface area contributed by atoms with E-state index < -0.39 is 72.1 Å². The minimum absolute atomic E-state index is 0.0150. The van der Waals surface area contributed by atoms with Gasteiger partial charge < -0.3 is 38.4 Å². The number of amides is 3. The van der Waals surface area contributed by atoms with Gasteiger partial charge in [-0.05, 0) is 86.3 Å². The summed E-state index contributed by atoms with van der Waals surface area (Å²) in [6.07, 6.45) is -1.21. The highest BCUT2D eigenvalue weighted by molar-refractivity contribution is 5.92. The van der Waals surface area contributed by atoms with Crippen LogP contribution in [-0.4, -0.2) is 128 Å². The van der Waals surface area contributed by atoms with E-state index in [1.165, 1.54) is 44.8 Å². The predicted molar refractivity (Wildman–Crippen MR) is 239 cm³/mol. The molecule has 1 aliphatic rings. The van der Waals surface area contributed by atoms with Crippen molar-refractivity contribution in [2.45, 2.75) is 143 Å². The summed E-state index contributed by atoms with van der Waals surface area (Å²) in [6.45, 7) is 15.4. The molecule has 0 aromatic heterocycles. The van der Waals surface area contributed by atoms with Crippen LogP contribution in [0.4, 0.5) is 0 Å². The maximum absolute atomic E-state index is 14.7. The van der Waals surface area contributed by atoms with Crippen molar-refractivity contribution in [1.29, 1.82) is 0 Å². The van der Waals surface area contributed by atoms with Crippen LogP contribution >= 0.6 is 0 Å². The first kappa shape index (κ1) is 53.0. The molecule has 1 fully saturated rings. The Morgan fingerprint density at radius 3 is 1.62 bits per heavy atom. The summed E-state index contributed by atoms with van der Waals surface area (Å²) in [7, 11) is 4.29.